The maximum absolute atomic E-state index is 12.0. The summed E-state index contributed by atoms with van der Waals surface area (Å²) in [5.41, 5.74) is 3.68. The SMILES string of the molecule is CCOc1cc(C=NNC(=O)c2ccccc2Br)cc(I)c1O. The lowest BCUT2D eigenvalue weighted by atomic mass is 10.2. The van der Waals surface area contributed by atoms with Crippen LogP contribution in [0.1, 0.15) is 22.8 Å². The van der Waals surface area contributed by atoms with Crippen molar-refractivity contribution in [2.45, 2.75) is 6.92 Å². The summed E-state index contributed by atoms with van der Waals surface area (Å²) in [5.74, 6) is 0.173. The maximum Gasteiger partial charge on any atom is 0.272 e. The van der Waals surface area contributed by atoms with E-state index in [2.05, 4.69) is 26.5 Å². The standard InChI is InChI=1S/C16H14BrIN2O3/c1-2-23-14-8-10(7-13(18)15(14)21)9-19-20-16(22)11-5-3-4-6-12(11)17/h3-9,21H,2H2,1H3,(H,20,22). The average molecular weight is 489 g/mol. The molecule has 0 aliphatic rings. The Morgan fingerprint density at radius 1 is 1.43 bits per heavy atom. The zero-order valence-corrected chi connectivity index (χ0v) is 16.0. The molecular weight excluding hydrogens is 475 g/mol. The molecule has 1 amide bonds. The van der Waals surface area contributed by atoms with Crippen LogP contribution in [-0.4, -0.2) is 23.8 Å². The van der Waals surface area contributed by atoms with Crippen molar-refractivity contribution >= 4 is 50.6 Å². The van der Waals surface area contributed by atoms with Crippen LogP contribution in [0.3, 0.4) is 0 Å². The Balaban J connectivity index is 2.12. The third kappa shape index (κ3) is 4.68. The highest BCUT2D eigenvalue weighted by atomic mass is 127. The Morgan fingerprint density at radius 3 is 2.87 bits per heavy atom. The molecule has 5 nitrogen and oxygen atoms in total. The topological polar surface area (TPSA) is 70.9 Å². The number of rotatable bonds is 5. The number of ether oxygens (including phenoxy) is 1. The van der Waals surface area contributed by atoms with Gasteiger partial charge in [0.1, 0.15) is 0 Å². The number of halogens is 2. The maximum atomic E-state index is 12.0. The predicted molar refractivity (Wildman–Crippen MR) is 101 cm³/mol. The molecule has 2 N–H and O–H groups in total. The zero-order valence-electron chi connectivity index (χ0n) is 12.2. The van der Waals surface area contributed by atoms with Gasteiger partial charge in [0.2, 0.25) is 0 Å². The van der Waals surface area contributed by atoms with Crippen molar-refractivity contribution in [3.05, 3.63) is 55.6 Å². The van der Waals surface area contributed by atoms with E-state index in [1.54, 1.807) is 30.3 Å². The minimum atomic E-state index is -0.313. The van der Waals surface area contributed by atoms with E-state index in [0.29, 0.717) is 31.5 Å². The van der Waals surface area contributed by atoms with Crippen molar-refractivity contribution in [3.8, 4) is 11.5 Å². The summed E-state index contributed by atoms with van der Waals surface area (Å²) >= 11 is 5.33. The number of nitrogens with zero attached hydrogens (tertiary/aromatic N) is 1. The molecule has 23 heavy (non-hydrogen) atoms. The molecule has 0 heterocycles. The molecule has 2 rings (SSSR count). The Labute approximate surface area is 156 Å². The lowest BCUT2D eigenvalue weighted by Gasteiger charge is -2.08. The van der Waals surface area contributed by atoms with E-state index in [-0.39, 0.29) is 11.7 Å². The molecule has 0 fully saturated rings. The lowest BCUT2D eigenvalue weighted by Crippen LogP contribution is -2.18. The van der Waals surface area contributed by atoms with E-state index in [9.17, 15) is 9.90 Å². The summed E-state index contributed by atoms with van der Waals surface area (Å²) in [5, 5.41) is 13.8. The molecule has 0 saturated carbocycles. The number of phenolic OH excluding ortho intramolecular Hbond substituents is 1. The first-order chi connectivity index (χ1) is 11.0. The van der Waals surface area contributed by atoms with Crippen molar-refractivity contribution in [3.63, 3.8) is 0 Å². The third-order valence-corrected chi connectivity index (χ3v) is 4.36. The number of carbonyl (C=O) groups excluding carboxylic acids is 1. The minimum Gasteiger partial charge on any atom is -0.504 e. The van der Waals surface area contributed by atoms with Gasteiger partial charge in [-0.2, -0.15) is 5.10 Å². The highest BCUT2D eigenvalue weighted by molar-refractivity contribution is 14.1. The van der Waals surface area contributed by atoms with Gasteiger partial charge in [0, 0.05) is 4.47 Å². The number of hydrazone groups is 1. The van der Waals surface area contributed by atoms with Crippen LogP contribution < -0.4 is 10.2 Å². The molecular formula is C16H14BrIN2O3. The van der Waals surface area contributed by atoms with Gasteiger partial charge in [0.05, 0.1) is 22.0 Å². The smallest absolute Gasteiger partial charge is 0.272 e. The molecule has 2 aromatic rings. The molecule has 0 aliphatic heterocycles. The number of amides is 1. The molecule has 120 valence electrons. The first-order valence-electron chi connectivity index (χ1n) is 6.76. The summed E-state index contributed by atoms with van der Waals surface area (Å²) in [7, 11) is 0. The van der Waals surface area contributed by atoms with Gasteiger partial charge in [-0.15, -0.1) is 0 Å². The molecule has 7 heteroatoms. The normalized spacial score (nSPS) is 10.7. The number of hydrogen-bond donors (Lipinski definition) is 2. The van der Waals surface area contributed by atoms with E-state index in [1.165, 1.54) is 6.21 Å². The van der Waals surface area contributed by atoms with Crippen LogP contribution in [0.15, 0.2) is 46.0 Å². The van der Waals surface area contributed by atoms with Gasteiger partial charge >= 0.3 is 0 Å². The summed E-state index contributed by atoms with van der Waals surface area (Å²) in [4.78, 5) is 12.0. The largest absolute Gasteiger partial charge is 0.504 e. The van der Waals surface area contributed by atoms with Gasteiger partial charge in [-0.3, -0.25) is 4.79 Å². The number of aromatic hydroxyl groups is 1. The van der Waals surface area contributed by atoms with Crippen molar-refractivity contribution in [2.24, 2.45) is 5.10 Å². The Morgan fingerprint density at radius 2 is 2.17 bits per heavy atom. The molecule has 0 unspecified atom stereocenters. The quantitative estimate of drug-likeness (QED) is 0.380. The van der Waals surface area contributed by atoms with E-state index < -0.39 is 0 Å². The first-order valence-corrected chi connectivity index (χ1v) is 8.63. The molecule has 2 aromatic carbocycles. The van der Waals surface area contributed by atoms with Crippen LogP contribution in [0.4, 0.5) is 0 Å². The molecule has 0 radical (unpaired) electrons. The fourth-order valence-electron chi connectivity index (χ4n) is 1.80. The summed E-state index contributed by atoms with van der Waals surface area (Å²) < 4.78 is 6.71. The Bertz CT molecular complexity index is 750. The number of benzene rings is 2. The average Bonchev–Trinajstić information content (AvgIpc) is 2.52. The zero-order chi connectivity index (χ0) is 16.8. The van der Waals surface area contributed by atoms with Gasteiger partial charge in [0.25, 0.3) is 5.91 Å². The van der Waals surface area contributed by atoms with Crippen molar-refractivity contribution in [1.29, 1.82) is 0 Å². The Kier molecular flexibility index (Phi) is 6.40. The number of carbonyl (C=O) groups is 1. The van der Waals surface area contributed by atoms with Crippen molar-refractivity contribution in [2.75, 3.05) is 6.61 Å². The van der Waals surface area contributed by atoms with E-state index >= 15 is 0 Å². The highest BCUT2D eigenvalue weighted by Crippen LogP contribution is 2.32. The van der Waals surface area contributed by atoms with Crippen molar-refractivity contribution in [1.82, 2.24) is 5.43 Å². The van der Waals surface area contributed by atoms with E-state index in [4.69, 9.17) is 4.74 Å². The number of phenols is 1. The molecule has 0 saturated heterocycles. The van der Waals surface area contributed by atoms with Crippen LogP contribution >= 0.6 is 38.5 Å². The number of hydrogen-bond acceptors (Lipinski definition) is 4. The first kappa shape index (κ1) is 17.7. The molecule has 0 aromatic heterocycles. The van der Waals surface area contributed by atoms with Crippen LogP contribution in [0.5, 0.6) is 11.5 Å². The number of nitrogens with one attached hydrogen (secondary N) is 1. The van der Waals surface area contributed by atoms with E-state index in [1.807, 2.05) is 35.6 Å². The van der Waals surface area contributed by atoms with Gasteiger partial charge in [-0.05, 0) is 75.3 Å². The molecule has 0 atom stereocenters. The van der Waals surface area contributed by atoms with Crippen LogP contribution in [0.2, 0.25) is 0 Å². The summed E-state index contributed by atoms with van der Waals surface area (Å²) in [6.07, 6.45) is 1.50. The molecule has 0 bridgehead atoms. The van der Waals surface area contributed by atoms with Gasteiger partial charge in [0.15, 0.2) is 11.5 Å². The molecule has 0 spiro atoms. The highest BCUT2D eigenvalue weighted by Gasteiger charge is 2.09. The van der Waals surface area contributed by atoms with Gasteiger partial charge in [-0.1, -0.05) is 12.1 Å². The van der Waals surface area contributed by atoms with E-state index in [0.717, 1.165) is 0 Å². The van der Waals surface area contributed by atoms with Gasteiger partial charge < -0.3 is 9.84 Å². The van der Waals surface area contributed by atoms with Crippen LogP contribution in [0.25, 0.3) is 0 Å². The second-order valence-corrected chi connectivity index (χ2v) is 6.48. The second kappa shape index (κ2) is 8.30. The Hall–Kier alpha value is -1.61. The van der Waals surface area contributed by atoms with Crippen LogP contribution in [-0.2, 0) is 0 Å². The minimum absolute atomic E-state index is 0.0989. The molecule has 0 aliphatic carbocycles. The van der Waals surface area contributed by atoms with Crippen LogP contribution in [0, 0.1) is 3.57 Å². The third-order valence-electron chi connectivity index (χ3n) is 2.85. The van der Waals surface area contributed by atoms with Crippen molar-refractivity contribution < 1.29 is 14.6 Å². The lowest BCUT2D eigenvalue weighted by molar-refractivity contribution is 0.0954. The fourth-order valence-corrected chi connectivity index (χ4v) is 2.90. The monoisotopic (exact) mass is 488 g/mol. The predicted octanol–water partition coefficient (Wildman–Crippen LogP) is 3.92. The van der Waals surface area contributed by atoms with Gasteiger partial charge in [-0.25, -0.2) is 5.43 Å². The summed E-state index contributed by atoms with van der Waals surface area (Å²) in [6.45, 7) is 2.29. The fraction of sp³-hybridized carbons (Fsp3) is 0.125. The summed E-state index contributed by atoms with van der Waals surface area (Å²) in [6, 6.07) is 10.5. The second-order valence-electron chi connectivity index (χ2n) is 4.46.